The van der Waals surface area contributed by atoms with Crippen LogP contribution in [0.4, 0.5) is 0 Å². The molecular formula is C16H21N. The third kappa shape index (κ3) is 2.30. The molecule has 1 saturated heterocycles. The highest BCUT2D eigenvalue weighted by Crippen LogP contribution is 2.26. The molecule has 3 rings (SSSR count). The van der Waals surface area contributed by atoms with Crippen LogP contribution in [0.5, 0.6) is 0 Å². The number of hydrogen-bond acceptors (Lipinski definition) is 1. The second kappa shape index (κ2) is 4.30. The minimum absolute atomic E-state index is 0.911. The summed E-state index contributed by atoms with van der Waals surface area (Å²) in [5.74, 6) is 0.911. The van der Waals surface area contributed by atoms with Gasteiger partial charge in [-0.2, -0.15) is 0 Å². The molecule has 0 atom stereocenters. The van der Waals surface area contributed by atoms with Gasteiger partial charge >= 0.3 is 0 Å². The van der Waals surface area contributed by atoms with Crippen LogP contribution in [0, 0.1) is 12.8 Å². The van der Waals surface area contributed by atoms with Crippen molar-refractivity contribution in [3.05, 3.63) is 40.5 Å². The molecule has 0 bridgehead atoms. The van der Waals surface area contributed by atoms with Gasteiger partial charge in [-0.3, -0.25) is 4.90 Å². The molecule has 0 radical (unpaired) electrons. The van der Waals surface area contributed by atoms with E-state index in [4.69, 9.17) is 0 Å². The first-order chi connectivity index (χ1) is 8.20. The van der Waals surface area contributed by atoms with Crippen molar-refractivity contribution in [3.8, 4) is 0 Å². The Kier molecular flexibility index (Phi) is 2.79. The monoisotopic (exact) mass is 227 g/mol. The maximum atomic E-state index is 2.57. The van der Waals surface area contributed by atoms with Crippen LogP contribution < -0.4 is 0 Å². The predicted molar refractivity (Wildman–Crippen MR) is 73.1 cm³/mol. The molecule has 0 saturated carbocycles. The molecule has 1 aromatic rings. The lowest BCUT2D eigenvalue weighted by molar-refractivity contribution is 0.125. The molecule has 0 aromatic heterocycles. The molecule has 0 unspecified atom stereocenters. The lowest BCUT2D eigenvalue weighted by Crippen LogP contribution is -2.45. The van der Waals surface area contributed by atoms with Gasteiger partial charge in [0, 0.05) is 19.6 Å². The van der Waals surface area contributed by atoms with Crippen LogP contribution >= 0.6 is 0 Å². The van der Waals surface area contributed by atoms with Crippen LogP contribution in [0.2, 0.25) is 0 Å². The van der Waals surface area contributed by atoms with Gasteiger partial charge < -0.3 is 0 Å². The first-order valence-electron chi connectivity index (χ1n) is 6.72. The van der Waals surface area contributed by atoms with Crippen LogP contribution in [-0.4, -0.2) is 24.5 Å². The van der Waals surface area contributed by atoms with E-state index in [9.17, 15) is 0 Å². The van der Waals surface area contributed by atoms with E-state index < -0.39 is 0 Å². The molecule has 1 fully saturated rings. The smallest absolute Gasteiger partial charge is 0.0196 e. The van der Waals surface area contributed by atoms with Crippen molar-refractivity contribution in [2.24, 2.45) is 5.92 Å². The Bertz CT molecular complexity index is 453. The maximum absolute atomic E-state index is 2.57. The van der Waals surface area contributed by atoms with E-state index in [2.05, 4.69) is 43.0 Å². The quantitative estimate of drug-likeness (QED) is 0.749. The first kappa shape index (κ1) is 11.0. The summed E-state index contributed by atoms with van der Waals surface area (Å²) in [4.78, 5) is 2.57. The number of likely N-dealkylation sites (tertiary alicyclic amines) is 1. The zero-order valence-corrected chi connectivity index (χ0v) is 10.9. The minimum atomic E-state index is 0.911. The van der Waals surface area contributed by atoms with Crippen LogP contribution in [-0.2, 0) is 6.42 Å². The normalized spacial score (nSPS) is 20.7. The number of nitrogens with zero attached hydrogens (tertiary/aromatic N) is 1. The van der Waals surface area contributed by atoms with Crippen LogP contribution in [0.1, 0.15) is 30.0 Å². The maximum Gasteiger partial charge on any atom is 0.0196 e. The average molecular weight is 227 g/mol. The van der Waals surface area contributed by atoms with Crippen molar-refractivity contribution >= 4 is 6.08 Å². The number of fused-ring (bicyclic) bond motifs is 1. The Balaban J connectivity index is 1.73. The Morgan fingerprint density at radius 3 is 2.82 bits per heavy atom. The number of aryl methyl sites for hydroxylation is 2. The summed E-state index contributed by atoms with van der Waals surface area (Å²) < 4.78 is 0. The lowest BCUT2D eigenvalue weighted by atomic mass is 9.90. The Morgan fingerprint density at radius 1 is 1.24 bits per heavy atom. The molecule has 1 aromatic carbocycles. The largest absolute Gasteiger partial charge is 0.299 e. The number of benzene rings is 1. The molecule has 0 N–H and O–H groups in total. The van der Waals surface area contributed by atoms with E-state index in [0.29, 0.717) is 0 Å². The van der Waals surface area contributed by atoms with Crippen LogP contribution in [0.25, 0.3) is 6.08 Å². The van der Waals surface area contributed by atoms with Crippen molar-refractivity contribution in [2.45, 2.75) is 26.7 Å². The zero-order chi connectivity index (χ0) is 11.8. The van der Waals surface area contributed by atoms with E-state index in [1.165, 1.54) is 49.2 Å². The van der Waals surface area contributed by atoms with E-state index in [0.717, 1.165) is 5.92 Å². The number of rotatable bonds is 2. The summed E-state index contributed by atoms with van der Waals surface area (Å²) in [5, 5.41) is 0. The third-order valence-corrected chi connectivity index (χ3v) is 3.94. The van der Waals surface area contributed by atoms with E-state index in [1.807, 2.05) is 0 Å². The summed E-state index contributed by atoms with van der Waals surface area (Å²) in [6.45, 7) is 8.29. The Hall–Kier alpha value is -1.08. The average Bonchev–Trinajstić information content (AvgIpc) is 2.27. The summed E-state index contributed by atoms with van der Waals surface area (Å²) in [6, 6.07) is 6.85. The molecule has 2 aliphatic rings. The highest BCUT2D eigenvalue weighted by atomic mass is 15.2. The molecule has 1 nitrogen and oxygen atoms in total. The lowest BCUT2D eigenvalue weighted by Gasteiger charge is -2.38. The van der Waals surface area contributed by atoms with Gasteiger partial charge in [-0.25, -0.2) is 0 Å². The van der Waals surface area contributed by atoms with Crippen LogP contribution in [0.3, 0.4) is 0 Å². The van der Waals surface area contributed by atoms with Gasteiger partial charge in [0.25, 0.3) is 0 Å². The minimum Gasteiger partial charge on any atom is -0.299 e. The molecular weight excluding hydrogens is 206 g/mol. The molecule has 90 valence electrons. The van der Waals surface area contributed by atoms with Gasteiger partial charge in [0.2, 0.25) is 0 Å². The number of hydrogen-bond donors (Lipinski definition) is 0. The summed E-state index contributed by atoms with van der Waals surface area (Å²) in [6.07, 6.45) is 4.90. The van der Waals surface area contributed by atoms with Gasteiger partial charge in [-0.05, 0) is 36.8 Å². The van der Waals surface area contributed by atoms with Crippen LogP contribution in [0.15, 0.2) is 23.8 Å². The van der Waals surface area contributed by atoms with Crippen molar-refractivity contribution in [1.82, 2.24) is 4.90 Å². The second-order valence-electron chi connectivity index (χ2n) is 5.80. The molecule has 0 amide bonds. The molecule has 0 spiro atoms. The highest BCUT2D eigenvalue weighted by molar-refractivity contribution is 5.60. The van der Waals surface area contributed by atoms with Crippen molar-refractivity contribution in [2.75, 3.05) is 19.6 Å². The van der Waals surface area contributed by atoms with Gasteiger partial charge in [0.1, 0.15) is 0 Å². The van der Waals surface area contributed by atoms with Crippen molar-refractivity contribution < 1.29 is 0 Å². The predicted octanol–water partition coefficient (Wildman–Crippen LogP) is 3.28. The fourth-order valence-electron chi connectivity index (χ4n) is 3.05. The first-order valence-corrected chi connectivity index (χ1v) is 6.72. The molecule has 17 heavy (non-hydrogen) atoms. The van der Waals surface area contributed by atoms with Gasteiger partial charge in [-0.15, -0.1) is 0 Å². The Morgan fingerprint density at radius 2 is 2.06 bits per heavy atom. The standard InChI is InChI=1S/C16H21N/c1-12-3-5-16-8-14(4-6-15(16)7-12)11-17-9-13(2)10-17/h3,5,7-8,13H,4,6,9-11H2,1-2H3. The topological polar surface area (TPSA) is 3.24 Å². The Labute approximate surface area is 104 Å². The third-order valence-electron chi connectivity index (χ3n) is 3.94. The van der Waals surface area contributed by atoms with E-state index in [-0.39, 0.29) is 0 Å². The molecule has 1 aliphatic heterocycles. The fraction of sp³-hybridized carbons (Fsp3) is 0.500. The summed E-state index contributed by atoms with van der Waals surface area (Å²) >= 11 is 0. The molecule has 1 heteroatoms. The van der Waals surface area contributed by atoms with Crippen molar-refractivity contribution in [3.63, 3.8) is 0 Å². The summed E-state index contributed by atoms with van der Waals surface area (Å²) in [7, 11) is 0. The van der Waals surface area contributed by atoms with Crippen molar-refractivity contribution in [1.29, 1.82) is 0 Å². The molecule has 1 aliphatic carbocycles. The fourth-order valence-corrected chi connectivity index (χ4v) is 3.05. The summed E-state index contributed by atoms with van der Waals surface area (Å²) in [5.41, 5.74) is 5.99. The SMILES string of the molecule is Cc1ccc2c(c1)CCC(CN1CC(C)C1)=C2. The van der Waals surface area contributed by atoms with E-state index >= 15 is 0 Å². The van der Waals surface area contributed by atoms with Gasteiger partial charge in [0.05, 0.1) is 0 Å². The van der Waals surface area contributed by atoms with E-state index in [1.54, 1.807) is 5.57 Å². The van der Waals surface area contributed by atoms with Gasteiger partial charge in [0.15, 0.2) is 0 Å². The van der Waals surface area contributed by atoms with Gasteiger partial charge in [-0.1, -0.05) is 42.3 Å². The molecule has 1 heterocycles. The zero-order valence-electron chi connectivity index (χ0n) is 10.9. The second-order valence-corrected chi connectivity index (χ2v) is 5.80. The highest BCUT2D eigenvalue weighted by Gasteiger charge is 2.23.